The highest BCUT2D eigenvalue weighted by Gasteiger charge is 2.28. The Kier molecular flexibility index (Phi) is 5.37. The van der Waals surface area contributed by atoms with Gasteiger partial charge in [0.05, 0.1) is 24.0 Å². The van der Waals surface area contributed by atoms with Crippen LogP contribution in [0.25, 0.3) is 16.9 Å². The molecule has 0 aliphatic carbocycles. The first-order valence-electron chi connectivity index (χ1n) is 11.9. The Bertz CT molecular complexity index is 1320. The standard InChI is InChI=1S/C26H27FN6O/c27-20-4-1-3-18(15-20)22-5-2-12-32(22)25-7-6-24-29-17-23(33(24)30-25)19-8-11-28-26(16-19)31-13-9-21(34)10-14-31/h1,3-4,6-8,11,15-17,21-22,34H,2,5,9-10,12-14H2. The lowest BCUT2D eigenvalue weighted by molar-refractivity contribution is 0.145. The lowest BCUT2D eigenvalue weighted by Gasteiger charge is -2.30. The fourth-order valence-electron chi connectivity index (χ4n) is 5.16. The maximum atomic E-state index is 13.9. The van der Waals surface area contributed by atoms with Crippen LogP contribution in [0.4, 0.5) is 16.0 Å². The van der Waals surface area contributed by atoms with Crippen molar-refractivity contribution in [2.24, 2.45) is 0 Å². The number of aromatic nitrogens is 4. The third-order valence-electron chi connectivity index (χ3n) is 6.96. The SMILES string of the molecule is OC1CCN(c2cc(-c3cnc4ccc(N5CCCC5c5cccc(F)c5)nn34)ccn2)CC1. The van der Waals surface area contributed by atoms with Gasteiger partial charge in [0.2, 0.25) is 0 Å². The third kappa shape index (κ3) is 3.88. The highest BCUT2D eigenvalue weighted by Crippen LogP contribution is 2.36. The minimum atomic E-state index is -0.220. The van der Waals surface area contributed by atoms with Crippen LogP contribution in [0.3, 0.4) is 0 Å². The summed E-state index contributed by atoms with van der Waals surface area (Å²) in [6.07, 6.45) is 6.97. The molecule has 1 atom stereocenters. The molecule has 2 saturated heterocycles. The van der Waals surface area contributed by atoms with Crippen molar-refractivity contribution < 1.29 is 9.50 Å². The van der Waals surface area contributed by atoms with Gasteiger partial charge in [-0.1, -0.05) is 12.1 Å². The lowest BCUT2D eigenvalue weighted by Crippen LogP contribution is -2.36. The number of fused-ring (bicyclic) bond motifs is 1. The van der Waals surface area contributed by atoms with E-state index in [1.807, 2.05) is 41.2 Å². The fraction of sp³-hybridized carbons (Fsp3) is 0.346. The number of rotatable bonds is 4. The lowest BCUT2D eigenvalue weighted by atomic mass is 10.0. The van der Waals surface area contributed by atoms with E-state index in [9.17, 15) is 9.50 Å². The zero-order chi connectivity index (χ0) is 23.1. The topological polar surface area (TPSA) is 69.8 Å². The highest BCUT2D eigenvalue weighted by atomic mass is 19.1. The molecule has 1 N–H and O–H groups in total. The van der Waals surface area contributed by atoms with Gasteiger partial charge in [0.25, 0.3) is 0 Å². The van der Waals surface area contributed by atoms with Gasteiger partial charge in [-0.25, -0.2) is 18.9 Å². The smallest absolute Gasteiger partial charge is 0.154 e. The van der Waals surface area contributed by atoms with Crippen molar-refractivity contribution >= 4 is 17.3 Å². The van der Waals surface area contributed by atoms with Gasteiger partial charge >= 0.3 is 0 Å². The van der Waals surface area contributed by atoms with E-state index in [4.69, 9.17) is 5.10 Å². The monoisotopic (exact) mass is 458 g/mol. The van der Waals surface area contributed by atoms with Gasteiger partial charge in [-0.15, -0.1) is 5.10 Å². The maximum Gasteiger partial charge on any atom is 0.154 e. The minimum Gasteiger partial charge on any atom is -0.393 e. The zero-order valence-electron chi connectivity index (χ0n) is 18.9. The number of hydrogen-bond acceptors (Lipinski definition) is 6. The number of nitrogens with zero attached hydrogens (tertiary/aromatic N) is 6. The van der Waals surface area contributed by atoms with E-state index in [2.05, 4.69) is 25.8 Å². The molecule has 1 aromatic carbocycles. The molecular formula is C26H27FN6O. The van der Waals surface area contributed by atoms with Crippen LogP contribution >= 0.6 is 0 Å². The molecule has 2 aliphatic rings. The second kappa shape index (κ2) is 8.68. The second-order valence-electron chi connectivity index (χ2n) is 9.13. The normalized spacial score (nSPS) is 19.3. The number of hydrogen-bond donors (Lipinski definition) is 1. The summed E-state index contributed by atoms with van der Waals surface area (Å²) in [6, 6.07) is 15.0. The van der Waals surface area contributed by atoms with Crippen LogP contribution in [0, 0.1) is 5.82 Å². The fourth-order valence-corrected chi connectivity index (χ4v) is 5.16. The molecule has 0 spiro atoms. The molecule has 5 heterocycles. The Labute approximate surface area is 197 Å². The molecule has 174 valence electrons. The molecule has 1 unspecified atom stereocenters. The molecule has 6 rings (SSSR count). The maximum absolute atomic E-state index is 13.9. The van der Waals surface area contributed by atoms with E-state index in [1.54, 1.807) is 12.1 Å². The average Bonchev–Trinajstić information content (AvgIpc) is 3.52. The Morgan fingerprint density at radius 2 is 1.79 bits per heavy atom. The predicted molar refractivity (Wildman–Crippen MR) is 129 cm³/mol. The number of benzene rings is 1. The molecule has 0 amide bonds. The number of piperidine rings is 1. The Morgan fingerprint density at radius 3 is 2.65 bits per heavy atom. The van der Waals surface area contributed by atoms with Crippen molar-refractivity contribution in [1.29, 1.82) is 0 Å². The summed E-state index contributed by atoms with van der Waals surface area (Å²) in [5.41, 5.74) is 3.66. The highest BCUT2D eigenvalue weighted by molar-refractivity contribution is 5.66. The first-order valence-corrected chi connectivity index (χ1v) is 11.9. The third-order valence-corrected chi connectivity index (χ3v) is 6.96. The van der Waals surface area contributed by atoms with Gasteiger partial charge in [0, 0.05) is 31.4 Å². The molecule has 0 radical (unpaired) electrons. The number of anilines is 2. The van der Waals surface area contributed by atoms with Crippen molar-refractivity contribution in [3.8, 4) is 11.3 Å². The van der Waals surface area contributed by atoms with Gasteiger partial charge < -0.3 is 14.9 Å². The molecule has 4 aromatic rings. The number of halogens is 1. The molecule has 34 heavy (non-hydrogen) atoms. The molecule has 0 saturated carbocycles. The van der Waals surface area contributed by atoms with Crippen molar-refractivity contribution in [3.63, 3.8) is 0 Å². The number of aliphatic hydroxyl groups excluding tert-OH is 1. The van der Waals surface area contributed by atoms with Crippen LogP contribution in [0.2, 0.25) is 0 Å². The molecular weight excluding hydrogens is 431 g/mol. The molecule has 0 bridgehead atoms. The Morgan fingerprint density at radius 1 is 0.912 bits per heavy atom. The van der Waals surface area contributed by atoms with Crippen LogP contribution in [0.15, 0.2) is 60.9 Å². The van der Waals surface area contributed by atoms with Crippen LogP contribution in [-0.4, -0.2) is 50.4 Å². The van der Waals surface area contributed by atoms with Crippen LogP contribution in [0.5, 0.6) is 0 Å². The van der Waals surface area contributed by atoms with Gasteiger partial charge in [0.15, 0.2) is 5.65 Å². The largest absolute Gasteiger partial charge is 0.393 e. The number of aliphatic hydroxyl groups is 1. The summed E-state index contributed by atoms with van der Waals surface area (Å²) in [7, 11) is 0. The zero-order valence-corrected chi connectivity index (χ0v) is 18.9. The number of imidazole rings is 1. The van der Waals surface area contributed by atoms with E-state index in [-0.39, 0.29) is 18.0 Å². The van der Waals surface area contributed by atoms with Crippen LogP contribution < -0.4 is 9.80 Å². The molecule has 3 aromatic heterocycles. The molecule has 2 aliphatic heterocycles. The summed E-state index contributed by atoms with van der Waals surface area (Å²) in [5.74, 6) is 1.56. The van der Waals surface area contributed by atoms with E-state index >= 15 is 0 Å². The summed E-state index contributed by atoms with van der Waals surface area (Å²) in [5, 5.41) is 14.8. The van der Waals surface area contributed by atoms with E-state index in [1.165, 1.54) is 6.07 Å². The average molecular weight is 459 g/mol. The summed E-state index contributed by atoms with van der Waals surface area (Å²) >= 11 is 0. The number of pyridine rings is 1. The van der Waals surface area contributed by atoms with Gasteiger partial charge in [0.1, 0.15) is 17.5 Å². The van der Waals surface area contributed by atoms with Crippen molar-refractivity contribution in [3.05, 3.63) is 72.3 Å². The summed E-state index contributed by atoms with van der Waals surface area (Å²) in [4.78, 5) is 13.6. The summed E-state index contributed by atoms with van der Waals surface area (Å²) in [6.45, 7) is 2.47. The second-order valence-corrected chi connectivity index (χ2v) is 9.13. The van der Waals surface area contributed by atoms with E-state index in [0.29, 0.717) is 0 Å². The van der Waals surface area contributed by atoms with Gasteiger partial charge in [-0.2, -0.15) is 0 Å². The quantitative estimate of drug-likeness (QED) is 0.494. The van der Waals surface area contributed by atoms with Crippen molar-refractivity contribution in [2.75, 3.05) is 29.4 Å². The van der Waals surface area contributed by atoms with Gasteiger partial charge in [-0.05, 0) is 67.6 Å². The predicted octanol–water partition coefficient (Wildman–Crippen LogP) is 4.23. The minimum absolute atomic E-state index is 0.106. The molecule has 2 fully saturated rings. The Hall–Kier alpha value is -3.52. The first-order chi connectivity index (χ1) is 16.7. The van der Waals surface area contributed by atoms with Crippen LogP contribution in [0.1, 0.15) is 37.3 Å². The van der Waals surface area contributed by atoms with Crippen LogP contribution in [-0.2, 0) is 0 Å². The van der Waals surface area contributed by atoms with Crippen molar-refractivity contribution in [1.82, 2.24) is 19.6 Å². The van der Waals surface area contributed by atoms with E-state index < -0.39 is 0 Å². The molecule has 7 nitrogen and oxygen atoms in total. The first kappa shape index (κ1) is 21.0. The Balaban J connectivity index is 1.34. The van der Waals surface area contributed by atoms with Gasteiger partial charge in [-0.3, -0.25) is 0 Å². The van der Waals surface area contributed by atoms with E-state index in [0.717, 1.165) is 79.4 Å². The summed E-state index contributed by atoms with van der Waals surface area (Å²) < 4.78 is 15.8. The van der Waals surface area contributed by atoms with Crippen molar-refractivity contribution in [2.45, 2.75) is 37.8 Å². The molecule has 8 heteroatoms.